The molecule has 112 valence electrons. The van der Waals surface area contributed by atoms with Crippen LogP contribution in [-0.4, -0.2) is 33.8 Å². The number of hydrogen-bond donors (Lipinski definition) is 3. The number of nitrogens with one attached hydrogen (secondary N) is 1. The van der Waals surface area contributed by atoms with Crippen molar-refractivity contribution in [2.75, 3.05) is 17.7 Å². The van der Waals surface area contributed by atoms with Gasteiger partial charge in [-0.3, -0.25) is 4.79 Å². The third-order valence-corrected chi connectivity index (χ3v) is 5.46. The predicted octanol–water partition coefficient (Wildman–Crippen LogP) is 1.07. The average molecular weight is 289 g/mol. The summed E-state index contributed by atoms with van der Waals surface area (Å²) in [6.07, 6.45) is 5.69. The van der Waals surface area contributed by atoms with Crippen molar-refractivity contribution in [2.24, 2.45) is 5.41 Å². The van der Waals surface area contributed by atoms with Gasteiger partial charge >= 0.3 is 0 Å². The summed E-state index contributed by atoms with van der Waals surface area (Å²) in [5, 5.41) is 12.5. The number of anilines is 2. The lowest BCUT2D eigenvalue weighted by molar-refractivity contribution is -0.141. The molecule has 1 spiro atoms. The zero-order valence-corrected chi connectivity index (χ0v) is 11.8. The highest BCUT2D eigenvalue weighted by Gasteiger charge is 2.78. The molecule has 4 N–H and O–H groups in total. The third kappa shape index (κ3) is 1.54. The molecular weight excluding hydrogens is 270 g/mol. The van der Waals surface area contributed by atoms with E-state index >= 15 is 0 Å². The first-order chi connectivity index (χ1) is 10.0. The van der Waals surface area contributed by atoms with Crippen molar-refractivity contribution in [3.63, 3.8) is 0 Å². The Balaban J connectivity index is 1.58. The number of pyridine rings is 1. The van der Waals surface area contributed by atoms with Gasteiger partial charge in [-0.15, -0.1) is 0 Å². The van der Waals surface area contributed by atoms with Crippen LogP contribution in [0.4, 0.5) is 11.5 Å². The Labute approximate surface area is 122 Å². The quantitative estimate of drug-likeness (QED) is 0.773. The van der Waals surface area contributed by atoms with Crippen LogP contribution in [0.25, 0.3) is 0 Å². The number of carbonyl (C=O) groups excluding carboxylic acids is 1. The summed E-state index contributed by atoms with van der Waals surface area (Å²) >= 11 is 0. The molecule has 21 heavy (non-hydrogen) atoms. The molecule has 6 nitrogen and oxygen atoms in total. The number of amides is 1. The summed E-state index contributed by atoms with van der Waals surface area (Å²) in [4.78, 5) is 16.8. The molecule has 1 aromatic heterocycles. The topological polar surface area (TPSA) is 97.5 Å². The first-order valence-electron chi connectivity index (χ1n) is 7.37. The number of carbonyl (C=O) groups is 1. The van der Waals surface area contributed by atoms with Gasteiger partial charge in [-0.2, -0.15) is 0 Å². The minimum Gasteiger partial charge on any atom is -0.393 e. The molecular formula is C15H19N3O3. The summed E-state index contributed by atoms with van der Waals surface area (Å²) in [6, 6.07) is 3.41. The maximum Gasteiger partial charge on any atom is 0.233 e. The number of rotatable bonds is 3. The average Bonchev–Trinajstić information content (AvgIpc) is 2.88. The van der Waals surface area contributed by atoms with Gasteiger partial charge in [0.05, 0.1) is 35.1 Å². The predicted molar refractivity (Wildman–Crippen MR) is 76.4 cm³/mol. The third-order valence-electron chi connectivity index (χ3n) is 5.46. The van der Waals surface area contributed by atoms with Crippen LogP contribution >= 0.6 is 0 Å². The fourth-order valence-corrected chi connectivity index (χ4v) is 4.27. The molecule has 0 radical (unpaired) electrons. The minimum atomic E-state index is -0.491. The summed E-state index contributed by atoms with van der Waals surface area (Å²) in [7, 11) is 0. The van der Waals surface area contributed by atoms with Gasteiger partial charge in [0, 0.05) is 0 Å². The number of nitrogens with two attached hydrogens (primary N) is 1. The molecule has 2 saturated heterocycles. The maximum absolute atomic E-state index is 12.8. The van der Waals surface area contributed by atoms with E-state index in [1.54, 1.807) is 18.3 Å². The number of nitrogens with zero attached hydrogens (tertiary/aromatic N) is 1. The number of aromatic nitrogens is 1. The lowest BCUT2D eigenvalue weighted by Gasteiger charge is -2.49. The Morgan fingerprint density at radius 1 is 1.43 bits per heavy atom. The highest BCUT2D eigenvalue weighted by atomic mass is 16.6. The van der Waals surface area contributed by atoms with E-state index < -0.39 is 11.0 Å². The molecule has 2 aliphatic carbocycles. The zero-order chi connectivity index (χ0) is 14.7. The Hall–Kier alpha value is -1.66. The maximum atomic E-state index is 12.8. The van der Waals surface area contributed by atoms with Crippen molar-refractivity contribution in [3.05, 3.63) is 18.3 Å². The van der Waals surface area contributed by atoms with Crippen LogP contribution in [0.15, 0.2) is 18.3 Å². The van der Waals surface area contributed by atoms with Crippen LogP contribution in [0.2, 0.25) is 0 Å². The molecule has 5 rings (SSSR count). The van der Waals surface area contributed by atoms with Crippen molar-refractivity contribution in [3.8, 4) is 0 Å². The number of nitrogen functional groups attached to an aromatic ring is 1. The molecule has 0 aromatic carbocycles. The van der Waals surface area contributed by atoms with Gasteiger partial charge in [-0.05, 0) is 44.2 Å². The van der Waals surface area contributed by atoms with Crippen molar-refractivity contribution in [1.82, 2.24) is 4.98 Å². The smallest absolute Gasteiger partial charge is 0.233 e. The van der Waals surface area contributed by atoms with E-state index in [0.717, 1.165) is 19.3 Å². The van der Waals surface area contributed by atoms with Gasteiger partial charge in [-0.25, -0.2) is 4.98 Å². The second kappa shape index (κ2) is 3.96. The first kappa shape index (κ1) is 13.0. The molecule has 2 saturated carbocycles. The van der Waals surface area contributed by atoms with Crippen LogP contribution < -0.4 is 11.1 Å². The second-order valence-electron chi connectivity index (χ2n) is 6.65. The highest BCUT2D eigenvalue weighted by molar-refractivity contribution is 5.98. The summed E-state index contributed by atoms with van der Waals surface area (Å²) in [5.74, 6) is 0.407. The number of aliphatic hydroxyl groups excluding tert-OH is 1. The molecule has 4 aliphatic rings. The first-order valence-corrected chi connectivity index (χ1v) is 7.37. The second-order valence-corrected chi connectivity index (χ2v) is 6.65. The fourth-order valence-electron chi connectivity index (χ4n) is 4.27. The van der Waals surface area contributed by atoms with Crippen LogP contribution in [0, 0.1) is 5.41 Å². The fraction of sp³-hybridized carbons (Fsp3) is 0.600. The Morgan fingerprint density at radius 3 is 2.71 bits per heavy atom. The van der Waals surface area contributed by atoms with E-state index in [0.29, 0.717) is 24.3 Å². The number of aliphatic hydroxyl groups is 1. The molecule has 2 bridgehead atoms. The monoisotopic (exact) mass is 289 g/mol. The van der Waals surface area contributed by atoms with Crippen molar-refractivity contribution in [2.45, 2.75) is 43.3 Å². The van der Waals surface area contributed by atoms with Crippen LogP contribution in [0.5, 0.6) is 0 Å². The van der Waals surface area contributed by atoms with E-state index in [4.69, 9.17) is 10.5 Å². The largest absolute Gasteiger partial charge is 0.393 e. The molecule has 2 aliphatic heterocycles. The highest BCUT2D eigenvalue weighted by Crippen LogP contribution is 2.72. The van der Waals surface area contributed by atoms with E-state index in [1.807, 2.05) is 0 Å². The lowest BCUT2D eigenvalue weighted by Crippen LogP contribution is -2.59. The standard InChI is InChI=1S/C15H19N3O3/c16-11-3-2-10(6-17-11)18-12(20)14-7-13(8-14,9-19)21-15(14)4-1-5-15/h2-3,6,19H,1,4-5,7-9H2,(H2,16,17)(H,18,20). The summed E-state index contributed by atoms with van der Waals surface area (Å²) in [6.45, 7) is -0.00674. The van der Waals surface area contributed by atoms with Gasteiger partial charge in [0.1, 0.15) is 5.82 Å². The van der Waals surface area contributed by atoms with Gasteiger partial charge in [0.25, 0.3) is 0 Å². The molecule has 1 aromatic rings. The van der Waals surface area contributed by atoms with Crippen molar-refractivity contribution >= 4 is 17.4 Å². The molecule has 1 amide bonds. The molecule has 6 heteroatoms. The summed E-state index contributed by atoms with van der Waals surface area (Å²) < 4.78 is 6.13. The van der Waals surface area contributed by atoms with Gasteiger partial charge in [0.2, 0.25) is 5.91 Å². The van der Waals surface area contributed by atoms with Crippen LogP contribution in [-0.2, 0) is 9.53 Å². The van der Waals surface area contributed by atoms with E-state index in [2.05, 4.69) is 10.3 Å². The van der Waals surface area contributed by atoms with Gasteiger partial charge < -0.3 is 20.9 Å². The van der Waals surface area contributed by atoms with E-state index in [1.165, 1.54) is 0 Å². The molecule has 0 atom stereocenters. The SMILES string of the molecule is Nc1ccc(NC(=O)C23CC(CO)(C2)OC32CCC2)cn1. The Kier molecular flexibility index (Phi) is 2.45. The lowest BCUT2D eigenvalue weighted by atomic mass is 9.51. The van der Waals surface area contributed by atoms with Gasteiger partial charge in [-0.1, -0.05) is 0 Å². The van der Waals surface area contributed by atoms with Crippen molar-refractivity contribution in [1.29, 1.82) is 0 Å². The van der Waals surface area contributed by atoms with E-state index in [-0.39, 0.29) is 18.1 Å². The number of hydrogen-bond acceptors (Lipinski definition) is 5. The van der Waals surface area contributed by atoms with Gasteiger partial charge in [0.15, 0.2) is 0 Å². The summed E-state index contributed by atoms with van der Waals surface area (Å²) in [5.41, 5.74) is 4.86. The van der Waals surface area contributed by atoms with Crippen LogP contribution in [0.1, 0.15) is 32.1 Å². The zero-order valence-electron chi connectivity index (χ0n) is 11.8. The number of ether oxygens (including phenoxy) is 1. The van der Waals surface area contributed by atoms with Crippen molar-refractivity contribution < 1.29 is 14.6 Å². The minimum absolute atomic E-state index is 0.00674. The van der Waals surface area contributed by atoms with Crippen LogP contribution in [0.3, 0.4) is 0 Å². The molecule has 0 unspecified atom stereocenters. The molecule has 3 heterocycles. The molecule has 4 fully saturated rings. The van der Waals surface area contributed by atoms with E-state index in [9.17, 15) is 9.90 Å². The normalized spacial score (nSPS) is 35.1. The Morgan fingerprint density at radius 2 is 2.19 bits per heavy atom. The Bertz CT molecular complexity index is 589.